The van der Waals surface area contributed by atoms with Crippen LogP contribution in [0.1, 0.15) is 6.42 Å². The molecule has 1 rings (SSSR count). The van der Waals surface area contributed by atoms with E-state index < -0.39 is 24.7 Å². The third-order valence-corrected chi connectivity index (χ3v) is 1.82. The van der Waals surface area contributed by atoms with E-state index in [4.69, 9.17) is 0 Å². The van der Waals surface area contributed by atoms with Crippen LogP contribution < -0.4 is 0 Å². The second-order valence-corrected chi connectivity index (χ2v) is 2.89. The van der Waals surface area contributed by atoms with Gasteiger partial charge in [0.15, 0.2) is 0 Å². The third-order valence-electron chi connectivity index (χ3n) is 1.82. The molecule has 0 spiro atoms. The van der Waals surface area contributed by atoms with Crippen LogP contribution in [0.5, 0.6) is 0 Å². The van der Waals surface area contributed by atoms with Crippen molar-refractivity contribution in [2.75, 3.05) is 13.1 Å². The van der Waals surface area contributed by atoms with Gasteiger partial charge < -0.3 is 9.74 Å². The number of likely N-dealkylation sites (tertiary alicyclic amines) is 1. The number of halogens is 3. The first-order valence-corrected chi connectivity index (χ1v) is 3.91. The van der Waals surface area contributed by atoms with Gasteiger partial charge in [-0.1, -0.05) is 0 Å². The lowest BCUT2D eigenvalue weighted by atomic mass is 10.3. The van der Waals surface area contributed by atoms with E-state index in [0.717, 1.165) is 0 Å². The Kier molecular flexibility index (Phi) is 2.97. The first-order chi connectivity index (χ1) is 6.44. The van der Waals surface area contributed by atoms with Crippen molar-refractivity contribution in [3.63, 3.8) is 0 Å². The molecule has 1 saturated heterocycles. The molecule has 80 valence electrons. The molecule has 1 atom stereocenters. The van der Waals surface area contributed by atoms with Gasteiger partial charge in [-0.3, -0.25) is 4.79 Å². The molecule has 1 amide bonds. The predicted molar refractivity (Wildman–Crippen MR) is 41.7 cm³/mol. The maximum atomic E-state index is 11.9. The van der Waals surface area contributed by atoms with E-state index >= 15 is 0 Å². The molecule has 7 heteroatoms. The van der Waals surface area contributed by atoms with E-state index in [0.29, 0.717) is 4.90 Å². The minimum Gasteiger partial charge on any atom is -0.383 e. The van der Waals surface area contributed by atoms with Crippen molar-refractivity contribution < 1.29 is 22.8 Å². The lowest BCUT2D eigenvalue weighted by molar-refractivity contribution is -0.161. The van der Waals surface area contributed by atoms with E-state index in [1.165, 1.54) is 0 Å². The molecular formula is C7H9F3N2O2. The minimum absolute atomic E-state index is 0.0402. The SMILES string of the molecule is C=NO[C@@H]1CCN(CC(F)(F)F)C1=O. The number of nitrogens with zero attached hydrogens (tertiary/aromatic N) is 2. The molecule has 0 unspecified atom stereocenters. The second kappa shape index (κ2) is 3.85. The Hall–Kier alpha value is -1.27. The van der Waals surface area contributed by atoms with Crippen molar-refractivity contribution in [2.24, 2.45) is 5.16 Å². The molecule has 0 saturated carbocycles. The molecule has 14 heavy (non-hydrogen) atoms. The molecule has 1 fully saturated rings. The summed E-state index contributed by atoms with van der Waals surface area (Å²) in [6.45, 7) is 1.80. The zero-order chi connectivity index (χ0) is 10.8. The van der Waals surface area contributed by atoms with Crippen LogP contribution in [0.4, 0.5) is 13.2 Å². The van der Waals surface area contributed by atoms with E-state index in [2.05, 4.69) is 16.7 Å². The summed E-state index contributed by atoms with van der Waals surface area (Å²) in [5, 5.41) is 3.02. The van der Waals surface area contributed by atoms with Crippen LogP contribution in [-0.2, 0) is 9.63 Å². The first-order valence-electron chi connectivity index (χ1n) is 3.91. The second-order valence-electron chi connectivity index (χ2n) is 2.89. The first kappa shape index (κ1) is 10.8. The monoisotopic (exact) mass is 210 g/mol. The van der Waals surface area contributed by atoms with Crippen molar-refractivity contribution >= 4 is 12.6 Å². The zero-order valence-corrected chi connectivity index (χ0v) is 7.25. The zero-order valence-electron chi connectivity index (χ0n) is 7.25. The summed E-state index contributed by atoms with van der Waals surface area (Å²) in [6.07, 6.45) is -5.06. The topological polar surface area (TPSA) is 41.9 Å². The van der Waals surface area contributed by atoms with E-state index in [9.17, 15) is 18.0 Å². The van der Waals surface area contributed by atoms with Gasteiger partial charge in [0.1, 0.15) is 6.54 Å². The van der Waals surface area contributed by atoms with Crippen molar-refractivity contribution in [1.29, 1.82) is 0 Å². The summed E-state index contributed by atoms with van der Waals surface area (Å²) >= 11 is 0. The van der Waals surface area contributed by atoms with Crippen molar-refractivity contribution in [2.45, 2.75) is 18.7 Å². The summed E-state index contributed by atoms with van der Waals surface area (Å²) in [6, 6.07) is 0. The van der Waals surface area contributed by atoms with Crippen LogP contribution in [0.3, 0.4) is 0 Å². The van der Waals surface area contributed by atoms with Crippen molar-refractivity contribution in [3.8, 4) is 0 Å². The van der Waals surface area contributed by atoms with Gasteiger partial charge in [-0.15, -0.1) is 5.16 Å². The predicted octanol–water partition coefficient (Wildman–Crippen LogP) is 0.782. The number of amides is 1. The van der Waals surface area contributed by atoms with Crippen LogP contribution >= 0.6 is 0 Å². The van der Waals surface area contributed by atoms with Gasteiger partial charge in [0.05, 0.1) is 0 Å². The van der Waals surface area contributed by atoms with Gasteiger partial charge in [-0.25, -0.2) is 0 Å². The molecule has 0 radical (unpaired) electrons. The molecule has 0 aromatic carbocycles. The maximum Gasteiger partial charge on any atom is 0.406 e. The average molecular weight is 210 g/mol. The number of rotatable bonds is 3. The highest BCUT2D eigenvalue weighted by Gasteiger charge is 2.40. The number of alkyl halides is 3. The van der Waals surface area contributed by atoms with Crippen LogP contribution in [0, 0.1) is 0 Å². The summed E-state index contributed by atoms with van der Waals surface area (Å²) in [5.41, 5.74) is 0. The molecule has 0 N–H and O–H groups in total. The van der Waals surface area contributed by atoms with E-state index in [-0.39, 0.29) is 13.0 Å². The van der Waals surface area contributed by atoms with Crippen molar-refractivity contribution in [3.05, 3.63) is 0 Å². The maximum absolute atomic E-state index is 11.9. The molecule has 0 aliphatic carbocycles. The van der Waals surface area contributed by atoms with Gasteiger partial charge in [0.25, 0.3) is 5.91 Å². The number of oxime groups is 1. The fourth-order valence-electron chi connectivity index (χ4n) is 1.27. The minimum atomic E-state index is -4.37. The smallest absolute Gasteiger partial charge is 0.383 e. The van der Waals surface area contributed by atoms with E-state index in [1.54, 1.807) is 0 Å². The van der Waals surface area contributed by atoms with Crippen LogP contribution in [-0.4, -0.2) is 42.9 Å². The Morgan fingerprint density at radius 1 is 1.64 bits per heavy atom. The normalized spacial score (nSPS) is 22.6. The molecule has 0 aromatic heterocycles. The van der Waals surface area contributed by atoms with Crippen LogP contribution in [0.25, 0.3) is 0 Å². The quantitative estimate of drug-likeness (QED) is 0.510. The molecule has 1 heterocycles. The number of hydrogen-bond donors (Lipinski definition) is 0. The van der Waals surface area contributed by atoms with Gasteiger partial charge in [-0.05, 0) is 0 Å². The molecule has 1 aliphatic heterocycles. The van der Waals surface area contributed by atoms with Crippen LogP contribution in [0.15, 0.2) is 5.16 Å². The third kappa shape index (κ3) is 2.61. The number of carbonyl (C=O) groups excluding carboxylic acids is 1. The highest BCUT2D eigenvalue weighted by Crippen LogP contribution is 2.22. The molecule has 4 nitrogen and oxygen atoms in total. The van der Waals surface area contributed by atoms with E-state index in [1.807, 2.05) is 0 Å². The summed E-state index contributed by atoms with van der Waals surface area (Å²) < 4.78 is 35.8. The Balaban J connectivity index is 2.51. The highest BCUT2D eigenvalue weighted by atomic mass is 19.4. The summed E-state index contributed by atoms with van der Waals surface area (Å²) in [5.74, 6) is -0.685. The Labute approximate surface area is 78.3 Å². The Bertz CT molecular complexity index is 242. The fraction of sp³-hybridized carbons (Fsp3) is 0.714. The van der Waals surface area contributed by atoms with Gasteiger partial charge in [0, 0.05) is 19.7 Å². The standard InChI is InChI=1S/C7H9F3N2O2/c1-11-14-5-2-3-12(6(5)13)4-7(8,9)10/h5H,1-4H2/t5-/m1/s1. The largest absolute Gasteiger partial charge is 0.406 e. The summed E-state index contributed by atoms with van der Waals surface area (Å²) in [4.78, 5) is 16.4. The van der Waals surface area contributed by atoms with Gasteiger partial charge >= 0.3 is 6.18 Å². The fourth-order valence-corrected chi connectivity index (χ4v) is 1.27. The Morgan fingerprint density at radius 3 is 2.79 bits per heavy atom. The number of hydrogen-bond acceptors (Lipinski definition) is 3. The molecular weight excluding hydrogens is 201 g/mol. The average Bonchev–Trinajstić information content (AvgIpc) is 2.34. The molecule has 0 bridgehead atoms. The van der Waals surface area contributed by atoms with Gasteiger partial charge in [-0.2, -0.15) is 13.2 Å². The number of carbonyl (C=O) groups is 1. The van der Waals surface area contributed by atoms with Crippen molar-refractivity contribution in [1.82, 2.24) is 4.90 Å². The summed E-state index contributed by atoms with van der Waals surface area (Å²) in [7, 11) is 0. The highest BCUT2D eigenvalue weighted by molar-refractivity contribution is 5.83. The Morgan fingerprint density at radius 2 is 2.29 bits per heavy atom. The molecule has 0 aromatic rings. The molecule has 1 aliphatic rings. The lowest BCUT2D eigenvalue weighted by Crippen LogP contribution is -2.37. The lowest BCUT2D eigenvalue weighted by Gasteiger charge is -2.17. The van der Waals surface area contributed by atoms with Crippen LogP contribution in [0.2, 0.25) is 0 Å². The van der Waals surface area contributed by atoms with Gasteiger partial charge in [0.2, 0.25) is 6.10 Å².